The molecule has 2 nitrogen and oxygen atoms in total. The molecule has 1 fully saturated rings. The number of rotatable bonds is 2. The second kappa shape index (κ2) is 3.03. The highest BCUT2D eigenvalue weighted by Gasteiger charge is 2.40. The van der Waals surface area contributed by atoms with Crippen LogP contribution in [0.3, 0.4) is 0 Å². The summed E-state index contributed by atoms with van der Waals surface area (Å²) >= 11 is 1.72. The van der Waals surface area contributed by atoms with Gasteiger partial charge in [0.1, 0.15) is 0 Å². The number of fused-ring (bicyclic) bond motifs is 1. The quantitative estimate of drug-likeness (QED) is 0.842. The van der Waals surface area contributed by atoms with E-state index in [4.69, 9.17) is 0 Å². The zero-order valence-corrected chi connectivity index (χ0v) is 9.47. The summed E-state index contributed by atoms with van der Waals surface area (Å²) in [5.74, 6) is 0. The number of benzene rings is 1. The zero-order valence-electron chi connectivity index (χ0n) is 8.66. The molecule has 15 heavy (non-hydrogen) atoms. The molecule has 0 unspecified atom stereocenters. The molecule has 1 aliphatic carbocycles. The van der Waals surface area contributed by atoms with E-state index in [9.17, 15) is 5.11 Å². The lowest BCUT2D eigenvalue weighted by atomic mass is 10.1. The average molecular weight is 219 g/mol. The second-order valence-corrected chi connectivity index (χ2v) is 5.67. The molecule has 0 atom stereocenters. The molecular formula is C12H13NOS. The molecule has 1 aromatic carbocycles. The Labute approximate surface area is 92.6 Å². The maximum absolute atomic E-state index is 9.84. The smallest absolute Gasteiger partial charge is 0.0907 e. The molecule has 0 spiro atoms. The van der Waals surface area contributed by atoms with Gasteiger partial charge in [-0.3, -0.25) is 0 Å². The molecule has 3 heteroatoms. The Kier molecular flexibility index (Phi) is 1.88. The van der Waals surface area contributed by atoms with Crippen molar-refractivity contribution in [1.82, 2.24) is 4.98 Å². The van der Waals surface area contributed by atoms with Crippen LogP contribution in [0, 0.1) is 6.92 Å². The van der Waals surface area contributed by atoms with Crippen molar-refractivity contribution in [2.75, 3.05) is 0 Å². The molecule has 3 rings (SSSR count). The maximum Gasteiger partial charge on any atom is 0.0907 e. The second-order valence-electron chi connectivity index (χ2n) is 4.44. The van der Waals surface area contributed by atoms with Gasteiger partial charge in [-0.1, -0.05) is 6.07 Å². The fraction of sp³-hybridized carbons (Fsp3) is 0.417. The van der Waals surface area contributed by atoms with Crippen molar-refractivity contribution in [3.05, 3.63) is 28.8 Å². The van der Waals surface area contributed by atoms with E-state index < -0.39 is 5.60 Å². The van der Waals surface area contributed by atoms with Gasteiger partial charge in [0, 0.05) is 6.42 Å². The van der Waals surface area contributed by atoms with E-state index in [2.05, 4.69) is 23.2 Å². The Hall–Kier alpha value is -0.930. The first kappa shape index (κ1) is 9.31. The molecule has 1 heterocycles. The van der Waals surface area contributed by atoms with E-state index in [1.165, 1.54) is 10.3 Å². The van der Waals surface area contributed by atoms with E-state index in [1.54, 1.807) is 11.3 Å². The Morgan fingerprint density at radius 1 is 1.47 bits per heavy atom. The number of hydrogen-bond donors (Lipinski definition) is 1. The number of hydrogen-bond acceptors (Lipinski definition) is 3. The summed E-state index contributed by atoms with van der Waals surface area (Å²) < 4.78 is 1.24. The van der Waals surface area contributed by atoms with Gasteiger partial charge in [0.2, 0.25) is 0 Å². The minimum absolute atomic E-state index is 0.404. The van der Waals surface area contributed by atoms with Gasteiger partial charge >= 0.3 is 0 Å². The summed E-state index contributed by atoms with van der Waals surface area (Å²) in [6, 6.07) is 6.33. The lowest BCUT2D eigenvalue weighted by Gasteiger charge is -2.06. The summed E-state index contributed by atoms with van der Waals surface area (Å²) in [5, 5.41) is 10.9. The van der Waals surface area contributed by atoms with E-state index in [0.717, 1.165) is 29.8 Å². The van der Waals surface area contributed by atoms with Crippen LogP contribution in [0.4, 0.5) is 0 Å². The molecule has 0 amide bonds. The van der Waals surface area contributed by atoms with E-state index in [1.807, 2.05) is 6.92 Å². The van der Waals surface area contributed by atoms with Gasteiger partial charge in [0.25, 0.3) is 0 Å². The first-order valence-corrected chi connectivity index (χ1v) is 6.05. The van der Waals surface area contributed by atoms with Crippen LogP contribution in [-0.4, -0.2) is 15.7 Å². The van der Waals surface area contributed by atoms with Crippen molar-refractivity contribution in [3.8, 4) is 0 Å². The van der Waals surface area contributed by atoms with Gasteiger partial charge < -0.3 is 5.11 Å². The summed E-state index contributed by atoms with van der Waals surface area (Å²) in [4.78, 5) is 4.46. The van der Waals surface area contributed by atoms with Crippen molar-refractivity contribution in [2.24, 2.45) is 0 Å². The first-order chi connectivity index (χ1) is 7.15. The molecule has 2 aromatic rings. The summed E-state index contributed by atoms with van der Waals surface area (Å²) in [6.07, 6.45) is 2.67. The van der Waals surface area contributed by atoms with Gasteiger partial charge in [-0.15, -0.1) is 11.3 Å². The highest BCUT2D eigenvalue weighted by Crippen LogP contribution is 2.38. The minimum Gasteiger partial charge on any atom is -0.390 e. The molecule has 1 saturated carbocycles. The van der Waals surface area contributed by atoms with Gasteiger partial charge in [-0.05, 0) is 37.5 Å². The van der Waals surface area contributed by atoms with Gasteiger partial charge in [0.15, 0.2) is 0 Å². The Morgan fingerprint density at radius 2 is 2.27 bits per heavy atom. The minimum atomic E-state index is -0.404. The molecule has 0 aliphatic heterocycles. The normalized spacial score (nSPS) is 18.3. The van der Waals surface area contributed by atoms with Crippen LogP contribution in [0.25, 0.3) is 10.2 Å². The molecule has 1 N–H and O–H groups in total. The van der Waals surface area contributed by atoms with Gasteiger partial charge in [0.05, 0.1) is 20.8 Å². The van der Waals surface area contributed by atoms with Gasteiger partial charge in [-0.25, -0.2) is 4.98 Å². The van der Waals surface area contributed by atoms with E-state index in [0.29, 0.717) is 0 Å². The largest absolute Gasteiger partial charge is 0.390 e. The molecular weight excluding hydrogens is 206 g/mol. The van der Waals surface area contributed by atoms with Crippen LogP contribution in [-0.2, 0) is 6.42 Å². The molecule has 1 aliphatic rings. The molecule has 0 radical (unpaired) electrons. The van der Waals surface area contributed by atoms with Crippen molar-refractivity contribution >= 4 is 21.6 Å². The first-order valence-electron chi connectivity index (χ1n) is 5.23. The highest BCUT2D eigenvalue weighted by molar-refractivity contribution is 7.18. The lowest BCUT2D eigenvalue weighted by molar-refractivity contribution is 0.151. The van der Waals surface area contributed by atoms with E-state index in [-0.39, 0.29) is 0 Å². The van der Waals surface area contributed by atoms with Crippen LogP contribution in [0.15, 0.2) is 18.2 Å². The van der Waals surface area contributed by atoms with Crippen molar-refractivity contribution in [2.45, 2.75) is 31.8 Å². The Balaban J connectivity index is 1.98. The third kappa shape index (κ3) is 1.77. The topological polar surface area (TPSA) is 33.1 Å². The lowest BCUT2D eigenvalue weighted by Crippen LogP contribution is -2.10. The number of aryl methyl sites for hydroxylation is 1. The van der Waals surface area contributed by atoms with Gasteiger partial charge in [-0.2, -0.15) is 0 Å². The third-order valence-corrected chi connectivity index (χ3v) is 3.87. The fourth-order valence-electron chi connectivity index (χ4n) is 1.90. The molecule has 0 bridgehead atoms. The van der Waals surface area contributed by atoms with Crippen LogP contribution in [0.2, 0.25) is 0 Å². The number of nitrogens with zero attached hydrogens (tertiary/aromatic N) is 1. The predicted molar refractivity (Wildman–Crippen MR) is 62.2 cm³/mol. The van der Waals surface area contributed by atoms with Crippen molar-refractivity contribution in [3.63, 3.8) is 0 Å². The molecule has 1 aromatic heterocycles. The third-order valence-electron chi connectivity index (χ3n) is 2.92. The summed E-state index contributed by atoms with van der Waals surface area (Å²) in [7, 11) is 0. The monoisotopic (exact) mass is 219 g/mol. The fourth-order valence-corrected chi connectivity index (χ4v) is 2.71. The van der Waals surface area contributed by atoms with Crippen LogP contribution in [0.5, 0.6) is 0 Å². The van der Waals surface area contributed by atoms with Crippen molar-refractivity contribution in [1.29, 1.82) is 0 Å². The zero-order chi connectivity index (χ0) is 10.5. The van der Waals surface area contributed by atoms with E-state index >= 15 is 0 Å². The van der Waals surface area contributed by atoms with Crippen LogP contribution < -0.4 is 0 Å². The summed E-state index contributed by atoms with van der Waals surface area (Å²) in [6.45, 7) is 2.03. The highest BCUT2D eigenvalue weighted by atomic mass is 32.1. The number of aromatic nitrogens is 1. The van der Waals surface area contributed by atoms with Crippen LogP contribution in [0.1, 0.15) is 23.4 Å². The molecule has 0 saturated heterocycles. The van der Waals surface area contributed by atoms with Crippen LogP contribution >= 0.6 is 11.3 Å². The maximum atomic E-state index is 9.84. The number of aliphatic hydroxyl groups is 1. The summed E-state index contributed by atoms with van der Waals surface area (Å²) in [5.41, 5.74) is 1.87. The SMILES string of the molecule is Cc1nc2cc(CC3(O)CC3)ccc2s1. The molecule has 78 valence electrons. The van der Waals surface area contributed by atoms with Crippen molar-refractivity contribution < 1.29 is 5.11 Å². The number of thiazole rings is 1. The standard InChI is InChI=1S/C12H13NOS/c1-8-13-10-6-9(2-3-11(10)15-8)7-12(14)4-5-12/h2-3,6,14H,4-5,7H2,1H3. The Morgan fingerprint density at radius 3 is 3.00 bits per heavy atom. The Bertz CT molecular complexity index is 513. The predicted octanol–water partition coefficient (Wildman–Crippen LogP) is 2.67. The average Bonchev–Trinajstić information content (AvgIpc) is 2.76.